The van der Waals surface area contributed by atoms with E-state index in [2.05, 4.69) is 31.0 Å². The quantitative estimate of drug-likeness (QED) is 0.801. The summed E-state index contributed by atoms with van der Waals surface area (Å²) in [6.07, 6.45) is 5.66. The van der Waals surface area contributed by atoms with E-state index < -0.39 is 0 Å². The third-order valence-electron chi connectivity index (χ3n) is 5.98. The van der Waals surface area contributed by atoms with Gasteiger partial charge in [-0.1, -0.05) is 44.2 Å². The predicted molar refractivity (Wildman–Crippen MR) is 90.0 cm³/mol. The first-order chi connectivity index (χ1) is 11.1. The van der Waals surface area contributed by atoms with Gasteiger partial charge in [0.15, 0.2) is 5.82 Å². The van der Waals surface area contributed by atoms with Crippen LogP contribution in [0.25, 0.3) is 11.4 Å². The minimum absolute atomic E-state index is 0.00732. The zero-order chi connectivity index (χ0) is 16.0. The molecule has 2 aromatic rings. The van der Waals surface area contributed by atoms with Gasteiger partial charge in [0, 0.05) is 29.5 Å². The highest BCUT2D eigenvalue weighted by atomic mass is 16.1. The summed E-state index contributed by atoms with van der Waals surface area (Å²) < 4.78 is 0. The fourth-order valence-corrected chi connectivity index (χ4v) is 4.56. The molecule has 2 aliphatic carbocycles. The zero-order valence-corrected chi connectivity index (χ0v) is 13.7. The van der Waals surface area contributed by atoms with E-state index in [1.807, 2.05) is 24.4 Å². The van der Waals surface area contributed by atoms with Crippen LogP contribution in [0.4, 0.5) is 0 Å². The Labute approximate surface area is 137 Å². The zero-order valence-electron chi connectivity index (χ0n) is 13.7. The van der Waals surface area contributed by atoms with Crippen LogP contribution in [0.1, 0.15) is 44.4 Å². The standard InChI is InChI=1S/C20H22N2O/c1-13-16-9-8-15-12-21-19(14-6-4-3-5-7-14)22-18(15)20(16,2)11-10-17(13)23/h3-7,12-13,16H,8-11H2,1-2H3/t13-,16-,20-/m0/s1. The molecule has 3 heteroatoms. The molecule has 1 heterocycles. The summed E-state index contributed by atoms with van der Waals surface area (Å²) in [5, 5.41) is 0. The maximum absolute atomic E-state index is 12.2. The highest BCUT2D eigenvalue weighted by molar-refractivity contribution is 5.82. The van der Waals surface area contributed by atoms with Crippen molar-refractivity contribution in [1.82, 2.24) is 9.97 Å². The number of fused-ring (bicyclic) bond motifs is 3. The van der Waals surface area contributed by atoms with Crippen LogP contribution in [-0.4, -0.2) is 15.8 Å². The molecule has 3 nitrogen and oxygen atoms in total. The van der Waals surface area contributed by atoms with Crippen molar-refractivity contribution in [2.75, 3.05) is 0 Å². The Bertz CT molecular complexity index is 755. The minimum atomic E-state index is 0.00732. The fraction of sp³-hybridized carbons (Fsp3) is 0.450. The van der Waals surface area contributed by atoms with Crippen molar-refractivity contribution in [2.45, 2.75) is 44.9 Å². The number of carbonyl (C=O) groups excluding carboxylic acids is 1. The molecule has 23 heavy (non-hydrogen) atoms. The molecule has 0 aliphatic heterocycles. The van der Waals surface area contributed by atoms with Gasteiger partial charge in [0.1, 0.15) is 5.78 Å². The molecule has 0 N–H and O–H groups in total. The van der Waals surface area contributed by atoms with E-state index in [4.69, 9.17) is 4.98 Å². The maximum Gasteiger partial charge on any atom is 0.159 e. The molecule has 0 amide bonds. The van der Waals surface area contributed by atoms with Gasteiger partial charge in [0.05, 0.1) is 5.69 Å². The lowest BCUT2D eigenvalue weighted by Crippen LogP contribution is -2.47. The van der Waals surface area contributed by atoms with Crippen LogP contribution in [-0.2, 0) is 16.6 Å². The first-order valence-corrected chi connectivity index (χ1v) is 8.54. The minimum Gasteiger partial charge on any atom is -0.299 e. The molecule has 0 spiro atoms. The molecule has 1 fully saturated rings. The van der Waals surface area contributed by atoms with Gasteiger partial charge in [-0.15, -0.1) is 0 Å². The summed E-state index contributed by atoms with van der Waals surface area (Å²) in [6.45, 7) is 4.41. The summed E-state index contributed by atoms with van der Waals surface area (Å²) in [5.74, 6) is 1.79. The second-order valence-corrected chi connectivity index (χ2v) is 7.25. The first-order valence-electron chi connectivity index (χ1n) is 8.54. The number of nitrogens with zero attached hydrogens (tertiary/aromatic N) is 2. The van der Waals surface area contributed by atoms with Crippen LogP contribution in [0, 0.1) is 11.8 Å². The van der Waals surface area contributed by atoms with Gasteiger partial charge in [-0.25, -0.2) is 9.97 Å². The number of aryl methyl sites for hydroxylation is 1. The van der Waals surface area contributed by atoms with Gasteiger partial charge in [0.25, 0.3) is 0 Å². The van der Waals surface area contributed by atoms with Crippen molar-refractivity contribution in [3.63, 3.8) is 0 Å². The Morgan fingerprint density at radius 1 is 1.17 bits per heavy atom. The molecule has 3 atom stereocenters. The van der Waals surface area contributed by atoms with Gasteiger partial charge in [-0.2, -0.15) is 0 Å². The van der Waals surface area contributed by atoms with Crippen molar-refractivity contribution in [3.05, 3.63) is 47.8 Å². The summed E-state index contributed by atoms with van der Waals surface area (Å²) >= 11 is 0. The monoisotopic (exact) mass is 306 g/mol. The number of rotatable bonds is 1. The van der Waals surface area contributed by atoms with Crippen molar-refractivity contribution in [3.8, 4) is 11.4 Å². The molecular weight excluding hydrogens is 284 g/mol. The van der Waals surface area contributed by atoms with E-state index in [0.717, 1.165) is 30.7 Å². The van der Waals surface area contributed by atoms with E-state index in [0.29, 0.717) is 18.1 Å². The lowest BCUT2D eigenvalue weighted by molar-refractivity contribution is -0.128. The SMILES string of the molecule is C[C@@H]1C(=O)CC[C@]2(C)c3nc(-c4ccccc4)ncc3CC[C@@H]12. The third kappa shape index (κ3) is 2.21. The molecule has 118 valence electrons. The summed E-state index contributed by atoms with van der Waals surface area (Å²) in [4.78, 5) is 21.7. The molecule has 4 rings (SSSR count). The molecular formula is C20H22N2O. The molecule has 0 saturated heterocycles. The van der Waals surface area contributed by atoms with Gasteiger partial charge in [0.2, 0.25) is 0 Å². The smallest absolute Gasteiger partial charge is 0.159 e. The Kier molecular flexibility index (Phi) is 3.33. The normalized spacial score (nSPS) is 29.7. The van der Waals surface area contributed by atoms with Crippen LogP contribution in [0.3, 0.4) is 0 Å². The predicted octanol–water partition coefficient (Wildman–Crippen LogP) is 3.96. The van der Waals surface area contributed by atoms with Crippen molar-refractivity contribution >= 4 is 5.78 Å². The maximum atomic E-state index is 12.2. The van der Waals surface area contributed by atoms with E-state index in [1.54, 1.807) is 0 Å². The van der Waals surface area contributed by atoms with Gasteiger partial charge in [-0.05, 0) is 30.7 Å². The Hall–Kier alpha value is -2.03. The number of benzene rings is 1. The van der Waals surface area contributed by atoms with Crippen LogP contribution in [0.5, 0.6) is 0 Å². The number of aromatic nitrogens is 2. The number of carbonyl (C=O) groups is 1. The lowest BCUT2D eigenvalue weighted by Gasteiger charge is -2.47. The van der Waals surface area contributed by atoms with Gasteiger partial charge < -0.3 is 0 Å². The molecule has 0 bridgehead atoms. The summed E-state index contributed by atoms with van der Waals surface area (Å²) in [6, 6.07) is 10.1. The average Bonchev–Trinajstić information content (AvgIpc) is 2.59. The van der Waals surface area contributed by atoms with Crippen molar-refractivity contribution < 1.29 is 4.79 Å². The first kappa shape index (κ1) is 14.6. The van der Waals surface area contributed by atoms with Crippen LogP contribution in [0.2, 0.25) is 0 Å². The number of hydrogen-bond acceptors (Lipinski definition) is 3. The lowest BCUT2D eigenvalue weighted by atomic mass is 9.56. The molecule has 0 unspecified atom stereocenters. The van der Waals surface area contributed by atoms with Gasteiger partial charge >= 0.3 is 0 Å². The van der Waals surface area contributed by atoms with E-state index in [9.17, 15) is 4.79 Å². The Morgan fingerprint density at radius 3 is 2.74 bits per heavy atom. The highest BCUT2D eigenvalue weighted by Gasteiger charge is 2.48. The van der Waals surface area contributed by atoms with E-state index >= 15 is 0 Å². The number of Topliss-reactive ketones (excluding diaryl/α,β-unsaturated/α-hetero) is 1. The molecule has 1 saturated carbocycles. The molecule has 1 aromatic heterocycles. The van der Waals surface area contributed by atoms with Crippen molar-refractivity contribution in [2.24, 2.45) is 11.8 Å². The second-order valence-electron chi connectivity index (χ2n) is 7.25. The second kappa shape index (κ2) is 5.26. The molecule has 2 aliphatic rings. The Balaban J connectivity index is 1.82. The van der Waals surface area contributed by atoms with E-state index in [-0.39, 0.29) is 11.3 Å². The van der Waals surface area contributed by atoms with Crippen LogP contribution < -0.4 is 0 Å². The average molecular weight is 306 g/mol. The van der Waals surface area contributed by atoms with E-state index in [1.165, 1.54) is 11.3 Å². The molecule has 1 aromatic carbocycles. The van der Waals surface area contributed by atoms with Crippen LogP contribution >= 0.6 is 0 Å². The third-order valence-corrected chi connectivity index (χ3v) is 5.98. The molecule has 0 radical (unpaired) electrons. The van der Waals surface area contributed by atoms with Gasteiger partial charge in [-0.3, -0.25) is 4.79 Å². The summed E-state index contributed by atoms with van der Waals surface area (Å²) in [5.41, 5.74) is 3.51. The van der Waals surface area contributed by atoms with Crippen molar-refractivity contribution in [1.29, 1.82) is 0 Å². The summed E-state index contributed by atoms with van der Waals surface area (Å²) in [7, 11) is 0. The van der Waals surface area contributed by atoms with Crippen LogP contribution in [0.15, 0.2) is 36.5 Å². The fourth-order valence-electron chi connectivity index (χ4n) is 4.56. The number of ketones is 1. The highest BCUT2D eigenvalue weighted by Crippen LogP contribution is 2.50. The Morgan fingerprint density at radius 2 is 1.96 bits per heavy atom. The topological polar surface area (TPSA) is 42.9 Å². The largest absolute Gasteiger partial charge is 0.299 e. The number of hydrogen-bond donors (Lipinski definition) is 0.